The molecule has 192 valence electrons. The van der Waals surface area contributed by atoms with Gasteiger partial charge in [-0.15, -0.1) is 0 Å². The van der Waals surface area contributed by atoms with Crippen LogP contribution in [0.3, 0.4) is 0 Å². The third-order valence-corrected chi connectivity index (χ3v) is 5.34. The average molecular weight is 476 g/mol. The van der Waals surface area contributed by atoms with E-state index in [9.17, 15) is 4.79 Å². The van der Waals surface area contributed by atoms with Gasteiger partial charge in [0, 0.05) is 19.5 Å². The predicted molar refractivity (Wildman–Crippen MR) is 120 cm³/mol. The van der Waals surface area contributed by atoms with Crippen LogP contribution in [0.2, 0.25) is 0 Å². The largest absolute Gasteiger partial charge is 0.459 e. The Labute approximate surface area is 197 Å². The van der Waals surface area contributed by atoms with Crippen molar-refractivity contribution >= 4 is 5.91 Å². The predicted octanol–water partition coefficient (Wildman–Crippen LogP) is 0.823. The maximum absolute atomic E-state index is 13.3. The molecule has 2 atom stereocenters. The van der Waals surface area contributed by atoms with Crippen LogP contribution in [0.15, 0.2) is 11.8 Å². The number of aliphatic hydroxyl groups is 1. The summed E-state index contributed by atoms with van der Waals surface area (Å²) >= 11 is 0. The summed E-state index contributed by atoms with van der Waals surface area (Å²) in [6.07, 6.45) is 2.05. The van der Waals surface area contributed by atoms with E-state index in [0.717, 1.165) is 0 Å². The molecular weight excluding hydrogens is 434 g/mol. The minimum atomic E-state index is -0.524. The van der Waals surface area contributed by atoms with Crippen molar-refractivity contribution in [2.24, 2.45) is 11.8 Å². The first-order valence-corrected chi connectivity index (χ1v) is 11.9. The number of amides is 1. The number of aliphatic hydroxyl groups excluding tert-OH is 1. The second kappa shape index (κ2) is 17.2. The Morgan fingerprint density at radius 1 is 0.970 bits per heavy atom. The number of rotatable bonds is 8. The van der Waals surface area contributed by atoms with E-state index in [2.05, 4.69) is 13.8 Å². The molecule has 2 heterocycles. The highest BCUT2D eigenvalue weighted by atomic mass is 16.7. The van der Waals surface area contributed by atoms with E-state index >= 15 is 0 Å². The van der Waals surface area contributed by atoms with Gasteiger partial charge in [0.25, 0.3) is 5.91 Å². The lowest BCUT2D eigenvalue weighted by molar-refractivity contribution is -0.161. The molecule has 0 aliphatic carbocycles. The summed E-state index contributed by atoms with van der Waals surface area (Å²) in [6.45, 7) is 9.73. The molecule has 2 unspecified atom stereocenters. The highest BCUT2D eigenvalue weighted by Gasteiger charge is 2.31. The molecule has 2 aliphatic rings. The van der Waals surface area contributed by atoms with Crippen molar-refractivity contribution in [1.82, 2.24) is 4.90 Å². The monoisotopic (exact) mass is 475 g/mol. The molecule has 2 rings (SSSR count). The van der Waals surface area contributed by atoms with Crippen molar-refractivity contribution < 1.29 is 43.1 Å². The fraction of sp³-hybridized carbons (Fsp3) is 0.870. The molecule has 0 saturated carbocycles. The number of nitrogens with zero attached hydrogens (tertiary/aromatic N) is 1. The molecular formula is C23H41NO9. The van der Waals surface area contributed by atoms with Crippen molar-refractivity contribution in [2.75, 3.05) is 92.4 Å². The highest BCUT2D eigenvalue weighted by Crippen LogP contribution is 2.29. The van der Waals surface area contributed by atoms with Gasteiger partial charge < -0.3 is 43.2 Å². The fourth-order valence-corrected chi connectivity index (χ4v) is 3.39. The Hall–Kier alpha value is -1.27. The van der Waals surface area contributed by atoms with Gasteiger partial charge in [-0.3, -0.25) is 4.79 Å². The zero-order valence-corrected chi connectivity index (χ0v) is 20.1. The molecule has 2 aliphatic heterocycles. The van der Waals surface area contributed by atoms with Crippen LogP contribution >= 0.6 is 0 Å². The Kier molecular flexibility index (Phi) is 14.6. The van der Waals surface area contributed by atoms with Gasteiger partial charge in [-0.2, -0.15) is 0 Å². The molecule has 0 aromatic heterocycles. The molecule has 10 nitrogen and oxygen atoms in total. The summed E-state index contributed by atoms with van der Waals surface area (Å²) in [4.78, 5) is 15.0. The maximum Gasteiger partial charge on any atom is 0.288 e. The lowest BCUT2D eigenvalue weighted by Gasteiger charge is -2.33. The van der Waals surface area contributed by atoms with E-state index in [1.54, 1.807) is 4.90 Å². The molecule has 1 amide bonds. The first kappa shape index (κ1) is 28.0. The van der Waals surface area contributed by atoms with Gasteiger partial charge in [0.05, 0.1) is 79.3 Å². The van der Waals surface area contributed by atoms with Gasteiger partial charge >= 0.3 is 0 Å². The van der Waals surface area contributed by atoms with E-state index in [0.29, 0.717) is 97.3 Å². The molecule has 0 aromatic rings. The summed E-state index contributed by atoms with van der Waals surface area (Å²) < 4.78 is 39.1. The SMILES string of the molecule is CC(C)C1C=C(C(=O)N2CCOCCOCCOCCOCC2)OC(OCCOCCO)C1. The van der Waals surface area contributed by atoms with Crippen molar-refractivity contribution in [3.63, 3.8) is 0 Å². The molecule has 10 heteroatoms. The molecule has 1 fully saturated rings. The van der Waals surface area contributed by atoms with Crippen molar-refractivity contribution in [3.8, 4) is 0 Å². The molecule has 33 heavy (non-hydrogen) atoms. The van der Waals surface area contributed by atoms with Crippen LogP contribution in [-0.2, 0) is 38.0 Å². The molecule has 0 bridgehead atoms. The highest BCUT2D eigenvalue weighted by molar-refractivity contribution is 5.91. The second-order valence-electron chi connectivity index (χ2n) is 8.17. The Balaban J connectivity index is 1.95. The van der Waals surface area contributed by atoms with Crippen LogP contribution in [0.4, 0.5) is 0 Å². The zero-order valence-electron chi connectivity index (χ0n) is 20.1. The van der Waals surface area contributed by atoms with Crippen LogP contribution in [-0.4, -0.2) is 115 Å². The lowest BCUT2D eigenvalue weighted by atomic mass is 9.90. The van der Waals surface area contributed by atoms with E-state index in [1.807, 2.05) is 6.08 Å². The van der Waals surface area contributed by atoms with Gasteiger partial charge in [-0.1, -0.05) is 13.8 Å². The third-order valence-electron chi connectivity index (χ3n) is 5.34. The first-order chi connectivity index (χ1) is 16.1. The van der Waals surface area contributed by atoms with Crippen molar-refractivity contribution in [1.29, 1.82) is 0 Å². The lowest BCUT2D eigenvalue weighted by Crippen LogP contribution is -2.41. The van der Waals surface area contributed by atoms with Crippen LogP contribution < -0.4 is 0 Å². The third kappa shape index (κ3) is 11.6. The Bertz CT molecular complexity index is 542. The Morgan fingerprint density at radius 2 is 1.55 bits per heavy atom. The van der Waals surface area contributed by atoms with Crippen LogP contribution in [0, 0.1) is 11.8 Å². The minimum Gasteiger partial charge on any atom is -0.459 e. The van der Waals surface area contributed by atoms with E-state index in [-0.39, 0.29) is 25.0 Å². The first-order valence-electron chi connectivity index (χ1n) is 11.9. The number of ether oxygens (including phenoxy) is 7. The van der Waals surface area contributed by atoms with Gasteiger partial charge in [0.1, 0.15) is 0 Å². The average Bonchev–Trinajstić information content (AvgIpc) is 2.82. The van der Waals surface area contributed by atoms with Crippen LogP contribution in [0.1, 0.15) is 20.3 Å². The summed E-state index contributed by atoms with van der Waals surface area (Å²) in [7, 11) is 0. The van der Waals surface area contributed by atoms with Gasteiger partial charge in [0.2, 0.25) is 6.29 Å². The maximum atomic E-state index is 13.3. The summed E-state index contributed by atoms with van der Waals surface area (Å²) in [6, 6.07) is 0. The fourth-order valence-electron chi connectivity index (χ4n) is 3.39. The quantitative estimate of drug-likeness (QED) is 0.511. The molecule has 0 radical (unpaired) electrons. The minimum absolute atomic E-state index is 0.0277. The zero-order chi connectivity index (χ0) is 23.7. The smallest absolute Gasteiger partial charge is 0.288 e. The summed E-state index contributed by atoms with van der Waals surface area (Å²) in [5, 5.41) is 8.80. The van der Waals surface area contributed by atoms with Crippen molar-refractivity contribution in [2.45, 2.75) is 26.6 Å². The number of hydrogen-bond acceptors (Lipinski definition) is 9. The number of carbonyl (C=O) groups excluding carboxylic acids is 1. The molecule has 1 N–H and O–H groups in total. The van der Waals surface area contributed by atoms with Gasteiger partial charge in [0.15, 0.2) is 5.76 Å². The van der Waals surface area contributed by atoms with Crippen molar-refractivity contribution in [3.05, 3.63) is 11.8 Å². The topological polar surface area (TPSA) is 105 Å². The Morgan fingerprint density at radius 3 is 2.09 bits per heavy atom. The van der Waals surface area contributed by atoms with E-state index < -0.39 is 6.29 Å². The second-order valence-corrected chi connectivity index (χ2v) is 8.17. The number of hydrogen-bond donors (Lipinski definition) is 1. The molecule has 0 aromatic carbocycles. The summed E-state index contributed by atoms with van der Waals surface area (Å²) in [5.41, 5.74) is 0. The van der Waals surface area contributed by atoms with Crippen LogP contribution in [0.25, 0.3) is 0 Å². The van der Waals surface area contributed by atoms with Gasteiger partial charge in [-0.25, -0.2) is 0 Å². The number of allylic oxidation sites excluding steroid dienone is 1. The standard InChI is InChI=1S/C23H41NO9/c1-19(2)20-17-21(33-22(18-20)32-16-15-29-8-5-25)23(26)24-3-6-27-9-11-30-13-14-31-12-10-28-7-4-24/h17,19-20,22,25H,3-16,18H2,1-2H3. The normalized spacial score (nSPS) is 24.5. The van der Waals surface area contributed by atoms with Gasteiger partial charge in [-0.05, 0) is 17.9 Å². The summed E-state index contributed by atoms with van der Waals surface area (Å²) in [5.74, 6) is 0.592. The molecule has 1 saturated heterocycles. The van der Waals surface area contributed by atoms with E-state index in [4.69, 9.17) is 38.3 Å². The number of carbonyl (C=O) groups is 1. The van der Waals surface area contributed by atoms with E-state index in [1.165, 1.54) is 0 Å². The van der Waals surface area contributed by atoms with Crippen LogP contribution in [0.5, 0.6) is 0 Å². The molecule has 0 spiro atoms.